The minimum absolute atomic E-state index is 0.0789. The highest BCUT2D eigenvalue weighted by Crippen LogP contribution is 2.26. The topological polar surface area (TPSA) is 82.1 Å². The number of carbonyl (C=O) groups excluding carboxylic acids is 1. The Hall–Kier alpha value is -3.33. The van der Waals surface area contributed by atoms with Gasteiger partial charge in [0.15, 0.2) is 16.3 Å². The summed E-state index contributed by atoms with van der Waals surface area (Å²) >= 11 is 1.33. The predicted octanol–water partition coefficient (Wildman–Crippen LogP) is 2.74. The summed E-state index contributed by atoms with van der Waals surface area (Å²) in [6.07, 6.45) is 3.23. The van der Waals surface area contributed by atoms with Crippen molar-refractivity contribution in [1.82, 2.24) is 23.6 Å². The van der Waals surface area contributed by atoms with E-state index in [1.54, 1.807) is 7.05 Å². The van der Waals surface area contributed by atoms with Crippen LogP contribution >= 0.6 is 11.8 Å². The quantitative estimate of drug-likeness (QED) is 0.413. The highest BCUT2D eigenvalue weighted by atomic mass is 32.2. The van der Waals surface area contributed by atoms with E-state index in [0.717, 1.165) is 53.3 Å². The summed E-state index contributed by atoms with van der Waals surface area (Å²) in [4.78, 5) is 45.1. The summed E-state index contributed by atoms with van der Waals surface area (Å²) in [7, 11) is 3.10. The summed E-state index contributed by atoms with van der Waals surface area (Å²) in [5, 5.41) is 2.76. The Morgan fingerprint density at radius 2 is 1.71 bits per heavy atom. The van der Waals surface area contributed by atoms with E-state index >= 15 is 0 Å². The van der Waals surface area contributed by atoms with Crippen molar-refractivity contribution in [2.45, 2.75) is 31.0 Å². The van der Waals surface area contributed by atoms with Gasteiger partial charge in [-0.1, -0.05) is 54.2 Å². The number of hydrogen-bond acceptors (Lipinski definition) is 5. The molecule has 1 aliphatic heterocycles. The molecular weight excluding hydrogens is 450 g/mol. The third-order valence-electron chi connectivity index (χ3n) is 6.55. The van der Waals surface area contributed by atoms with Gasteiger partial charge in [0.05, 0.1) is 12.3 Å². The van der Waals surface area contributed by atoms with Crippen LogP contribution in [0.25, 0.3) is 21.9 Å². The largest absolute Gasteiger partial charge is 0.342 e. The lowest BCUT2D eigenvalue weighted by Crippen LogP contribution is -2.37. The normalized spacial score (nSPS) is 14.2. The molecule has 0 bridgehead atoms. The number of hydrogen-bond donors (Lipinski definition) is 0. The van der Waals surface area contributed by atoms with Gasteiger partial charge in [-0.3, -0.25) is 18.7 Å². The van der Waals surface area contributed by atoms with Crippen LogP contribution in [0, 0.1) is 0 Å². The molecule has 0 N–H and O–H groups in total. The van der Waals surface area contributed by atoms with Gasteiger partial charge in [-0.15, -0.1) is 0 Å². The second kappa shape index (κ2) is 9.13. The number of amides is 1. The number of benzene rings is 2. The maximum Gasteiger partial charge on any atom is 0.332 e. The molecule has 8 nitrogen and oxygen atoms in total. The van der Waals surface area contributed by atoms with Gasteiger partial charge in [0.1, 0.15) is 0 Å². The SMILES string of the molecule is Cn1c(=O)c2c(nc(SCC(=O)N3CCCCC3)n2Cc2cccc3ccccc23)n(C)c1=O. The molecule has 1 saturated heterocycles. The summed E-state index contributed by atoms with van der Waals surface area (Å²) in [6, 6.07) is 14.2. The number of piperidine rings is 1. The molecule has 0 atom stereocenters. The fourth-order valence-electron chi connectivity index (χ4n) is 4.64. The average Bonchev–Trinajstić information content (AvgIpc) is 3.23. The summed E-state index contributed by atoms with van der Waals surface area (Å²) in [5.74, 6) is 0.322. The molecule has 5 rings (SSSR count). The number of imidazole rings is 1. The van der Waals surface area contributed by atoms with Crippen molar-refractivity contribution in [3.8, 4) is 0 Å². The fourth-order valence-corrected chi connectivity index (χ4v) is 5.54. The van der Waals surface area contributed by atoms with E-state index in [9.17, 15) is 14.4 Å². The molecule has 0 aliphatic carbocycles. The second-order valence-corrected chi connectivity index (χ2v) is 9.67. The van der Waals surface area contributed by atoms with E-state index in [1.807, 2.05) is 33.7 Å². The minimum atomic E-state index is -0.423. The monoisotopic (exact) mass is 477 g/mol. The van der Waals surface area contributed by atoms with Crippen LogP contribution in [0.3, 0.4) is 0 Å². The Morgan fingerprint density at radius 1 is 0.971 bits per heavy atom. The first-order valence-corrected chi connectivity index (χ1v) is 12.5. The molecule has 1 fully saturated rings. The van der Waals surface area contributed by atoms with Crippen molar-refractivity contribution in [3.63, 3.8) is 0 Å². The van der Waals surface area contributed by atoms with Gasteiger partial charge in [-0.05, 0) is 35.6 Å². The van der Waals surface area contributed by atoms with Crippen LogP contribution < -0.4 is 11.2 Å². The van der Waals surface area contributed by atoms with Crippen LogP contribution in [0.4, 0.5) is 0 Å². The second-order valence-electron chi connectivity index (χ2n) is 8.73. The lowest BCUT2D eigenvalue weighted by molar-refractivity contribution is -0.129. The number of aromatic nitrogens is 4. The molecule has 0 radical (unpaired) electrons. The van der Waals surface area contributed by atoms with Gasteiger partial charge in [-0.2, -0.15) is 0 Å². The van der Waals surface area contributed by atoms with Crippen LogP contribution in [0.1, 0.15) is 24.8 Å². The molecule has 1 aliphatic rings. The zero-order valence-electron chi connectivity index (χ0n) is 19.4. The lowest BCUT2D eigenvalue weighted by atomic mass is 10.0. The number of likely N-dealkylation sites (tertiary alicyclic amines) is 1. The first kappa shape index (κ1) is 22.5. The first-order valence-electron chi connectivity index (χ1n) is 11.5. The van der Waals surface area contributed by atoms with Crippen molar-refractivity contribution in [2.75, 3.05) is 18.8 Å². The standard InChI is InChI=1S/C25H27N5O3S/c1-27-22-21(23(32)28(2)25(27)33)30(15-18-11-8-10-17-9-4-5-12-19(17)18)24(26-22)34-16-20(31)29-13-6-3-7-14-29/h4-5,8-12H,3,6-7,13-16H2,1-2H3. The Morgan fingerprint density at radius 3 is 2.50 bits per heavy atom. The van der Waals surface area contributed by atoms with Crippen molar-refractivity contribution < 1.29 is 4.79 Å². The lowest BCUT2D eigenvalue weighted by Gasteiger charge is -2.26. The Kier molecular flexibility index (Phi) is 6.03. The van der Waals surface area contributed by atoms with Crippen molar-refractivity contribution in [1.29, 1.82) is 0 Å². The number of carbonyl (C=O) groups is 1. The van der Waals surface area contributed by atoms with Gasteiger partial charge in [0.2, 0.25) is 5.91 Å². The Balaban J connectivity index is 1.60. The number of fused-ring (bicyclic) bond motifs is 2. The smallest absolute Gasteiger partial charge is 0.332 e. The molecule has 3 heterocycles. The summed E-state index contributed by atoms with van der Waals surface area (Å²) in [5.41, 5.74) is 0.928. The van der Waals surface area contributed by atoms with Crippen LogP contribution in [0.2, 0.25) is 0 Å². The Bertz CT molecular complexity index is 1510. The van der Waals surface area contributed by atoms with E-state index in [-0.39, 0.29) is 17.2 Å². The molecule has 2 aromatic heterocycles. The third kappa shape index (κ3) is 3.94. The van der Waals surface area contributed by atoms with E-state index in [1.165, 1.54) is 23.4 Å². The molecule has 0 spiro atoms. The molecule has 4 aromatic rings. The molecule has 34 heavy (non-hydrogen) atoms. The maximum atomic E-state index is 13.2. The fraction of sp³-hybridized carbons (Fsp3) is 0.360. The highest BCUT2D eigenvalue weighted by Gasteiger charge is 2.22. The molecule has 176 valence electrons. The summed E-state index contributed by atoms with van der Waals surface area (Å²) < 4.78 is 4.36. The van der Waals surface area contributed by atoms with Gasteiger partial charge in [0, 0.05) is 27.2 Å². The van der Waals surface area contributed by atoms with Crippen LogP contribution in [0.15, 0.2) is 57.2 Å². The summed E-state index contributed by atoms with van der Waals surface area (Å²) in [6.45, 7) is 1.99. The van der Waals surface area contributed by atoms with E-state index < -0.39 is 5.69 Å². The predicted molar refractivity (Wildman–Crippen MR) is 134 cm³/mol. The number of nitrogens with zero attached hydrogens (tertiary/aromatic N) is 5. The maximum absolute atomic E-state index is 13.2. The van der Waals surface area contributed by atoms with Crippen molar-refractivity contribution in [3.05, 3.63) is 68.9 Å². The number of aryl methyl sites for hydroxylation is 1. The van der Waals surface area contributed by atoms with Crippen LogP contribution in [-0.4, -0.2) is 48.3 Å². The highest BCUT2D eigenvalue weighted by molar-refractivity contribution is 7.99. The molecule has 1 amide bonds. The van der Waals surface area contributed by atoms with E-state index in [0.29, 0.717) is 22.9 Å². The minimum Gasteiger partial charge on any atom is -0.342 e. The average molecular weight is 478 g/mol. The molecule has 0 saturated carbocycles. The Labute approximate surface area is 200 Å². The third-order valence-corrected chi connectivity index (χ3v) is 7.52. The zero-order chi connectivity index (χ0) is 23.8. The number of rotatable bonds is 5. The molecule has 2 aromatic carbocycles. The van der Waals surface area contributed by atoms with Gasteiger partial charge in [0.25, 0.3) is 5.56 Å². The van der Waals surface area contributed by atoms with E-state index in [4.69, 9.17) is 0 Å². The van der Waals surface area contributed by atoms with Gasteiger partial charge in [-0.25, -0.2) is 9.78 Å². The van der Waals surface area contributed by atoms with Crippen LogP contribution in [0.5, 0.6) is 0 Å². The first-order chi connectivity index (χ1) is 16.5. The van der Waals surface area contributed by atoms with Gasteiger partial charge < -0.3 is 9.47 Å². The van der Waals surface area contributed by atoms with Gasteiger partial charge >= 0.3 is 5.69 Å². The number of thioether (sulfide) groups is 1. The molecule has 9 heteroatoms. The zero-order valence-corrected chi connectivity index (χ0v) is 20.2. The van der Waals surface area contributed by atoms with E-state index in [2.05, 4.69) is 23.2 Å². The van der Waals surface area contributed by atoms with Crippen LogP contribution in [-0.2, 0) is 25.4 Å². The van der Waals surface area contributed by atoms with Crippen molar-refractivity contribution >= 4 is 39.6 Å². The van der Waals surface area contributed by atoms with Crippen molar-refractivity contribution in [2.24, 2.45) is 14.1 Å². The molecule has 0 unspecified atom stereocenters. The molecular formula is C25H27N5O3S.